The number of benzene rings is 1. The van der Waals surface area contributed by atoms with Crippen LogP contribution in [0.1, 0.15) is 43.1 Å². The molecule has 9 nitrogen and oxygen atoms in total. The lowest BCUT2D eigenvalue weighted by atomic mass is 9.74. The number of hydrogen-bond donors (Lipinski definition) is 2. The van der Waals surface area contributed by atoms with Gasteiger partial charge >= 0.3 is 0 Å². The van der Waals surface area contributed by atoms with Crippen LogP contribution >= 0.6 is 0 Å². The minimum atomic E-state index is -1.20. The van der Waals surface area contributed by atoms with Crippen LogP contribution in [0.5, 0.6) is 11.5 Å². The first-order chi connectivity index (χ1) is 16.4. The Morgan fingerprint density at radius 1 is 1.15 bits per heavy atom. The lowest BCUT2D eigenvalue weighted by Gasteiger charge is -2.46. The number of aromatic nitrogens is 2. The molecule has 0 saturated carbocycles. The number of rotatable bonds is 9. The van der Waals surface area contributed by atoms with Crippen LogP contribution in [0, 0.1) is 12.8 Å². The number of amides is 1. The molecule has 1 aromatic carbocycles. The van der Waals surface area contributed by atoms with Crippen molar-refractivity contribution in [1.29, 1.82) is 0 Å². The molecule has 0 aliphatic carbocycles. The average molecular weight is 469 g/mol. The summed E-state index contributed by atoms with van der Waals surface area (Å²) in [5.74, 6) is 1.49. The summed E-state index contributed by atoms with van der Waals surface area (Å²) in [6.07, 6.45) is 1.86. The summed E-state index contributed by atoms with van der Waals surface area (Å²) in [7, 11) is 3.24. The molecule has 182 valence electrons. The number of quaternary nitrogens is 1. The monoisotopic (exact) mass is 468 g/mol. The van der Waals surface area contributed by atoms with Crippen LogP contribution in [0.4, 0.5) is 0 Å². The van der Waals surface area contributed by atoms with Gasteiger partial charge in [0, 0.05) is 30.8 Å². The van der Waals surface area contributed by atoms with Gasteiger partial charge in [-0.2, -0.15) is 0 Å². The van der Waals surface area contributed by atoms with Crippen LogP contribution in [0.15, 0.2) is 24.3 Å². The van der Waals surface area contributed by atoms with E-state index in [1.165, 1.54) is 4.90 Å². The van der Waals surface area contributed by atoms with Crippen molar-refractivity contribution in [2.24, 2.45) is 5.92 Å². The van der Waals surface area contributed by atoms with Gasteiger partial charge in [0.2, 0.25) is 5.91 Å². The van der Waals surface area contributed by atoms with Crippen molar-refractivity contribution in [2.45, 2.75) is 44.6 Å². The van der Waals surface area contributed by atoms with Crippen molar-refractivity contribution in [3.63, 3.8) is 0 Å². The highest BCUT2D eigenvalue weighted by Gasteiger charge is 2.44. The number of carboxylic acids is 1. The predicted octanol–water partition coefficient (Wildman–Crippen LogP) is -0.124. The number of ether oxygens (including phenoxy) is 2. The molecule has 1 unspecified atom stereocenters. The van der Waals surface area contributed by atoms with E-state index in [1.54, 1.807) is 14.2 Å². The Bertz CT molecular complexity index is 1060. The molecule has 1 amide bonds. The van der Waals surface area contributed by atoms with Crippen LogP contribution in [0.25, 0.3) is 11.3 Å². The van der Waals surface area contributed by atoms with Crippen molar-refractivity contribution in [3.8, 4) is 22.8 Å². The van der Waals surface area contributed by atoms with E-state index in [4.69, 9.17) is 14.5 Å². The van der Waals surface area contributed by atoms with E-state index in [1.807, 2.05) is 25.1 Å². The van der Waals surface area contributed by atoms with Gasteiger partial charge in [-0.15, -0.1) is 0 Å². The minimum absolute atomic E-state index is 0.0322. The third-order valence-electron chi connectivity index (χ3n) is 7.07. The Balaban J connectivity index is 1.46. The summed E-state index contributed by atoms with van der Waals surface area (Å²) in [6, 6.07) is 8.24. The Kier molecular flexibility index (Phi) is 7.31. The lowest BCUT2D eigenvalue weighted by molar-refractivity contribution is -0.942. The first-order valence-corrected chi connectivity index (χ1v) is 11.8. The number of carboxylic acid groups (broad SMARTS) is 1. The summed E-state index contributed by atoms with van der Waals surface area (Å²) < 4.78 is 10.8. The molecular weight excluding hydrogens is 436 g/mol. The smallest absolute Gasteiger partial charge is 0.220 e. The summed E-state index contributed by atoms with van der Waals surface area (Å²) in [5, 5.41) is 13.5. The average Bonchev–Trinajstić information content (AvgIpc) is 2.85. The zero-order valence-corrected chi connectivity index (χ0v) is 19.9. The first-order valence-electron chi connectivity index (χ1n) is 11.8. The maximum absolute atomic E-state index is 11.9. The molecule has 34 heavy (non-hydrogen) atoms. The molecule has 0 radical (unpaired) electrons. The number of nitrogens with one attached hydrogen (secondary N) is 2. The fourth-order valence-electron chi connectivity index (χ4n) is 5.35. The summed E-state index contributed by atoms with van der Waals surface area (Å²) in [4.78, 5) is 33.5. The maximum Gasteiger partial charge on any atom is 0.220 e. The highest BCUT2D eigenvalue weighted by molar-refractivity contribution is 5.80. The summed E-state index contributed by atoms with van der Waals surface area (Å²) >= 11 is 0. The molecule has 2 N–H and O–H groups in total. The number of methoxy groups -OCH3 is 2. The SMILES string of the molecule is COc1ccc(-c2cc([C@H]3C[NH+]4CC[C@H]3C[C@@H]4CNC(=O)CCC(=O)[O-])nc(C)n2)cc1OC. The van der Waals surface area contributed by atoms with Crippen LogP contribution in [0.3, 0.4) is 0 Å². The zero-order chi connectivity index (χ0) is 24.2. The molecule has 1 aromatic heterocycles. The number of aryl methyl sites for hydroxylation is 1. The number of carbonyl (C=O) groups excluding carboxylic acids is 2. The van der Waals surface area contributed by atoms with Gasteiger partial charge in [0.25, 0.3) is 0 Å². The molecule has 3 aliphatic rings. The van der Waals surface area contributed by atoms with Gasteiger partial charge in [-0.3, -0.25) is 4.79 Å². The van der Waals surface area contributed by atoms with Crippen molar-refractivity contribution >= 4 is 11.9 Å². The highest BCUT2D eigenvalue weighted by Crippen LogP contribution is 2.36. The quantitative estimate of drug-likeness (QED) is 0.527. The van der Waals surface area contributed by atoms with Crippen molar-refractivity contribution in [3.05, 3.63) is 35.8 Å². The third kappa shape index (κ3) is 5.30. The summed E-state index contributed by atoms with van der Waals surface area (Å²) in [6.45, 7) is 4.54. The number of carbonyl (C=O) groups is 2. The van der Waals surface area contributed by atoms with E-state index in [2.05, 4.69) is 16.4 Å². The predicted molar refractivity (Wildman–Crippen MR) is 123 cm³/mol. The fraction of sp³-hybridized carbons (Fsp3) is 0.520. The standard InChI is InChI=1S/C25H32N4O5/c1-15-27-20(17-4-5-22(33-2)23(11-17)34-3)12-21(28-15)19-14-29-9-8-16(19)10-18(29)13-26-24(30)6-7-25(31)32/h4-5,11-12,16,18-19H,6-10,13-14H2,1-3H3,(H,26,30)(H,31,32)/t16-,18+,19-/m0/s1. The van der Waals surface area contributed by atoms with Crippen LogP contribution in [0.2, 0.25) is 0 Å². The van der Waals surface area contributed by atoms with Gasteiger partial charge < -0.3 is 29.6 Å². The Labute approximate surface area is 199 Å². The second-order valence-electron chi connectivity index (χ2n) is 9.17. The largest absolute Gasteiger partial charge is 0.550 e. The number of piperidine rings is 3. The second-order valence-corrected chi connectivity index (χ2v) is 9.17. The van der Waals surface area contributed by atoms with Crippen LogP contribution in [-0.4, -0.2) is 61.7 Å². The number of fused-ring (bicyclic) bond motifs is 3. The van der Waals surface area contributed by atoms with E-state index in [9.17, 15) is 14.7 Å². The second kappa shape index (κ2) is 10.4. The summed E-state index contributed by atoms with van der Waals surface area (Å²) in [5.41, 5.74) is 2.89. The normalized spacial score (nSPS) is 23.4. The van der Waals surface area contributed by atoms with Gasteiger partial charge in [-0.1, -0.05) is 0 Å². The van der Waals surface area contributed by atoms with E-state index in [0.717, 1.165) is 48.7 Å². The van der Waals surface area contributed by atoms with Crippen LogP contribution in [-0.2, 0) is 9.59 Å². The van der Waals surface area contributed by atoms with E-state index < -0.39 is 5.97 Å². The maximum atomic E-state index is 11.9. The van der Waals surface area contributed by atoms with Crippen molar-refractivity contribution in [1.82, 2.24) is 15.3 Å². The molecule has 3 aliphatic heterocycles. The van der Waals surface area contributed by atoms with Crippen molar-refractivity contribution in [2.75, 3.05) is 33.9 Å². The molecule has 2 bridgehead atoms. The molecular formula is C25H32N4O5. The lowest BCUT2D eigenvalue weighted by Crippen LogP contribution is -3.20. The first kappa shape index (κ1) is 23.9. The fourth-order valence-corrected chi connectivity index (χ4v) is 5.35. The molecule has 4 heterocycles. The third-order valence-corrected chi connectivity index (χ3v) is 7.07. The highest BCUT2D eigenvalue weighted by atomic mass is 16.5. The Hall–Kier alpha value is -3.20. The van der Waals surface area contributed by atoms with Crippen molar-refractivity contribution < 1.29 is 29.1 Å². The molecule has 9 heteroatoms. The molecule has 2 aromatic rings. The Morgan fingerprint density at radius 2 is 1.94 bits per heavy atom. The van der Waals surface area contributed by atoms with Gasteiger partial charge in [0.05, 0.1) is 51.2 Å². The minimum Gasteiger partial charge on any atom is -0.550 e. The van der Waals surface area contributed by atoms with Gasteiger partial charge in [-0.05, 0) is 43.5 Å². The van der Waals surface area contributed by atoms with Crippen LogP contribution < -0.4 is 24.8 Å². The zero-order valence-electron chi connectivity index (χ0n) is 19.9. The molecule has 0 spiro atoms. The van der Waals surface area contributed by atoms with E-state index in [-0.39, 0.29) is 18.7 Å². The van der Waals surface area contributed by atoms with Gasteiger partial charge in [0.1, 0.15) is 11.9 Å². The topological polar surface area (TPSA) is 118 Å². The molecule has 3 saturated heterocycles. The number of aliphatic carboxylic acids is 1. The molecule has 3 fully saturated rings. The number of hydrogen-bond acceptors (Lipinski definition) is 7. The van der Waals surface area contributed by atoms with E-state index >= 15 is 0 Å². The molecule has 5 rings (SSSR count). The number of nitrogens with zero attached hydrogens (tertiary/aromatic N) is 2. The Morgan fingerprint density at radius 3 is 2.62 bits per heavy atom. The van der Waals surface area contributed by atoms with Gasteiger partial charge in [-0.25, -0.2) is 9.97 Å². The van der Waals surface area contributed by atoms with E-state index in [0.29, 0.717) is 35.9 Å². The van der Waals surface area contributed by atoms with Gasteiger partial charge in [0.15, 0.2) is 11.5 Å². The molecule has 4 atom stereocenters.